The molecule has 0 spiro atoms. The molecule has 2 aromatic rings. The third-order valence-corrected chi connectivity index (χ3v) is 3.62. The van der Waals surface area contributed by atoms with Crippen molar-refractivity contribution in [2.24, 2.45) is 0 Å². The van der Waals surface area contributed by atoms with E-state index in [0.29, 0.717) is 11.1 Å². The second-order valence-corrected chi connectivity index (χ2v) is 5.67. The Hall–Kier alpha value is -2.83. The Morgan fingerprint density at radius 2 is 2.08 bits per heavy atom. The van der Waals surface area contributed by atoms with E-state index in [1.54, 1.807) is 25.1 Å². The van der Waals surface area contributed by atoms with Crippen LogP contribution in [0.5, 0.6) is 0 Å². The quantitative estimate of drug-likeness (QED) is 0.785. The molecule has 0 saturated heterocycles. The van der Waals surface area contributed by atoms with Crippen LogP contribution in [0.2, 0.25) is 0 Å². The Kier molecular flexibility index (Phi) is 5.57. The van der Waals surface area contributed by atoms with Crippen molar-refractivity contribution in [2.45, 2.75) is 19.5 Å². The molecule has 3 N–H and O–H groups in total. The monoisotopic (exact) mass is 332 g/mol. The molecule has 0 radical (unpaired) electrons. The fourth-order valence-electron chi connectivity index (χ4n) is 2.38. The summed E-state index contributed by atoms with van der Waals surface area (Å²) in [6.07, 6.45) is 1.53. The van der Waals surface area contributed by atoms with Gasteiger partial charge in [-0.2, -0.15) is 0 Å². The molecule has 1 aromatic heterocycles. The number of aromatic nitrogens is 1. The van der Waals surface area contributed by atoms with Gasteiger partial charge in [-0.1, -0.05) is 6.07 Å². The number of carbonyl (C=O) groups is 1. The number of rotatable bonds is 5. The van der Waals surface area contributed by atoms with Crippen LogP contribution in [-0.2, 0) is 6.54 Å². The summed E-state index contributed by atoms with van der Waals surface area (Å²) in [4.78, 5) is 28.0. The standard InChI is InChI=1S/C17H21FN4O2/c1-11(14-9-13(18)6-7-15(14)22(2)3)21-17(24)20-10-12-5-4-8-19-16(12)23/h4-9,11H,10H2,1-3H3,(H,19,23)(H2,20,21,24). The molecule has 0 aliphatic carbocycles. The van der Waals surface area contributed by atoms with E-state index in [1.807, 2.05) is 19.0 Å². The van der Waals surface area contributed by atoms with Crippen LogP contribution in [0, 0.1) is 5.82 Å². The summed E-state index contributed by atoms with van der Waals surface area (Å²) in [7, 11) is 3.70. The lowest BCUT2D eigenvalue weighted by Gasteiger charge is -2.22. The zero-order chi connectivity index (χ0) is 17.7. The maximum absolute atomic E-state index is 13.5. The Labute approximate surface area is 139 Å². The Morgan fingerprint density at radius 1 is 1.33 bits per heavy atom. The lowest BCUT2D eigenvalue weighted by Crippen LogP contribution is -2.38. The summed E-state index contributed by atoms with van der Waals surface area (Å²) in [5.74, 6) is -0.361. The van der Waals surface area contributed by atoms with Gasteiger partial charge < -0.3 is 20.5 Å². The Balaban J connectivity index is 2.03. The van der Waals surface area contributed by atoms with E-state index in [9.17, 15) is 14.0 Å². The zero-order valence-corrected chi connectivity index (χ0v) is 13.9. The molecule has 0 aliphatic heterocycles. The minimum Gasteiger partial charge on any atom is -0.377 e. The molecule has 6 nitrogen and oxygen atoms in total. The third-order valence-electron chi connectivity index (χ3n) is 3.62. The van der Waals surface area contributed by atoms with Crippen LogP contribution in [0.1, 0.15) is 24.1 Å². The van der Waals surface area contributed by atoms with Crippen LogP contribution >= 0.6 is 0 Å². The third kappa shape index (κ3) is 4.34. The van der Waals surface area contributed by atoms with Gasteiger partial charge in [0.1, 0.15) is 5.82 Å². The Morgan fingerprint density at radius 3 is 2.75 bits per heavy atom. The minimum absolute atomic E-state index is 0.110. The van der Waals surface area contributed by atoms with Crippen molar-refractivity contribution in [1.82, 2.24) is 15.6 Å². The number of amides is 2. The highest BCUT2D eigenvalue weighted by atomic mass is 19.1. The van der Waals surface area contributed by atoms with Crippen molar-refractivity contribution in [3.63, 3.8) is 0 Å². The number of benzene rings is 1. The molecule has 1 heterocycles. The molecular formula is C17H21FN4O2. The summed E-state index contributed by atoms with van der Waals surface area (Å²) >= 11 is 0. The highest BCUT2D eigenvalue weighted by Crippen LogP contribution is 2.25. The predicted octanol–water partition coefficient (Wildman–Crippen LogP) is 2.14. The minimum atomic E-state index is -0.431. The van der Waals surface area contributed by atoms with Crippen molar-refractivity contribution < 1.29 is 9.18 Å². The van der Waals surface area contributed by atoms with Gasteiger partial charge in [0.15, 0.2) is 0 Å². The lowest BCUT2D eigenvalue weighted by atomic mass is 10.1. The number of carbonyl (C=O) groups excluding carboxylic acids is 1. The van der Waals surface area contributed by atoms with Gasteiger partial charge in [0, 0.05) is 43.7 Å². The normalized spacial score (nSPS) is 11.7. The fourth-order valence-corrected chi connectivity index (χ4v) is 2.38. The molecule has 7 heteroatoms. The zero-order valence-electron chi connectivity index (χ0n) is 13.9. The number of urea groups is 1. The van der Waals surface area contributed by atoms with Crippen LogP contribution < -0.4 is 21.1 Å². The van der Waals surface area contributed by atoms with Crippen molar-refractivity contribution in [1.29, 1.82) is 0 Å². The molecule has 0 saturated carbocycles. The molecule has 1 unspecified atom stereocenters. The van der Waals surface area contributed by atoms with Gasteiger partial charge in [-0.15, -0.1) is 0 Å². The van der Waals surface area contributed by atoms with Gasteiger partial charge in [-0.3, -0.25) is 4.79 Å². The molecule has 2 rings (SSSR count). The maximum atomic E-state index is 13.5. The lowest BCUT2D eigenvalue weighted by molar-refractivity contribution is 0.237. The average molecular weight is 332 g/mol. The Bertz CT molecular complexity index is 773. The van der Waals surface area contributed by atoms with E-state index in [-0.39, 0.29) is 17.9 Å². The van der Waals surface area contributed by atoms with E-state index >= 15 is 0 Å². The molecule has 0 fully saturated rings. The van der Waals surface area contributed by atoms with E-state index in [0.717, 1.165) is 5.69 Å². The maximum Gasteiger partial charge on any atom is 0.315 e. The van der Waals surface area contributed by atoms with Crippen LogP contribution in [-0.4, -0.2) is 25.1 Å². The van der Waals surface area contributed by atoms with Crippen molar-refractivity contribution >= 4 is 11.7 Å². The predicted molar refractivity (Wildman–Crippen MR) is 91.6 cm³/mol. The fraction of sp³-hybridized carbons (Fsp3) is 0.294. The van der Waals surface area contributed by atoms with Crippen molar-refractivity contribution in [2.75, 3.05) is 19.0 Å². The van der Waals surface area contributed by atoms with Crippen LogP contribution in [0.25, 0.3) is 0 Å². The molecule has 24 heavy (non-hydrogen) atoms. The first-order chi connectivity index (χ1) is 11.4. The van der Waals surface area contributed by atoms with E-state index in [2.05, 4.69) is 15.6 Å². The van der Waals surface area contributed by atoms with Gasteiger partial charge in [0.2, 0.25) is 0 Å². The van der Waals surface area contributed by atoms with Gasteiger partial charge in [0.05, 0.1) is 6.04 Å². The summed E-state index contributed by atoms with van der Waals surface area (Å²) < 4.78 is 13.5. The molecule has 1 aromatic carbocycles. The number of anilines is 1. The number of nitrogens with zero attached hydrogens (tertiary/aromatic N) is 1. The smallest absolute Gasteiger partial charge is 0.315 e. The largest absolute Gasteiger partial charge is 0.377 e. The summed E-state index contributed by atoms with van der Waals surface area (Å²) in [6.45, 7) is 1.88. The van der Waals surface area contributed by atoms with Gasteiger partial charge in [0.25, 0.3) is 5.56 Å². The number of pyridine rings is 1. The number of aromatic amines is 1. The number of hydrogen-bond donors (Lipinski definition) is 3. The highest BCUT2D eigenvalue weighted by molar-refractivity contribution is 5.74. The summed E-state index contributed by atoms with van der Waals surface area (Å²) in [5.41, 5.74) is 1.71. The SMILES string of the molecule is CC(NC(=O)NCc1ccc[nH]c1=O)c1cc(F)ccc1N(C)C. The molecule has 1 atom stereocenters. The van der Waals surface area contributed by atoms with Crippen molar-refractivity contribution in [3.8, 4) is 0 Å². The van der Waals surface area contributed by atoms with Gasteiger partial charge >= 0.3 is 6.03 Å². The number of hydrogen-bond acceptors (Lipinski definition) is 3. The second-order valence-electron chi connectivity index (χ2n) is 5.67. The van der Waals surface area contributed by atoms with Crippen LogP contribution in [0.3, 0.4) is 0 Å². The molecule has 0 aliphatic rings. The van der Waals surface area contributed by atoms with Gasteiger partial charge in [-0.05, 0) is 31.2 Å². The molecule has 128 valence electrons. The first-order valence-corrected chi connectivity index (χ1v) is 7.56. The van der Waals surface area contributed by atoms with E-state index < -0.39 is 12.1 Å². The molecular weight excluding hydrogens is 311 g/mol. The average Bonchev–Trinajstić information content (AvgIpc) is 2.53. The topological polar surface area (TPSA) is 77.2 Å². The number of nitrogens with one attached hydrogen (secondary N) is 3. The summed E-state index contributed by atoms with van der Waals surface area (Å²) in [5, 5.41) is 5.38. The molecule has 2 amide bonds. The van der Waals surface area contributed by atoms with Gasteiger partial charge in [-0.25, -0.2) is 9.18 Å². The first kappa shape index (κ1) is 17.5. The van der Waals surface area contributed by atoms with Crippen LogP contribution in [0.15, 0.2) is 41.3 Å². The van der Waals surface area contributed by atoms with Crippen LogP contribution in [0.4, 0.5) is 14.9 Å². The second kappa shape index (κ2) is 7.63. The number of halogens is 1. The van der Waals surface area contributed by atoms with E-state index in [1.165, 1.54) is 18.3 Å². The first-order valence-electron chi connectivity index (χ1n) is 7.56. The molecule has 0 bridgehead atoms. The summed E-state index contributed by atoms with van der Waals surface area (Å²) in [6, 6.07) is 6.96. The number of H-pyrrole nitrogens is 1. The van der Waals surface area contributed by atoms with E-state index in [4.69, 9.17) is 0 Å². The van der Waals surface area contributed by atoms with Crippen molar-refractivity contribution in [3.05, 3.63) is 63.8 Å². The highest BCUT2D eigenvalue weighted by Gasteiger charge is 2.15.